The highest BCUT2D eigenvalue weighted by Gasteiger charge is 2.36. The fourth-order valence-electron chi connectivity index (χ4n) is 2.34. The van der Waals surface area contributed by atoms with Crippen LogP contribution in [0.25, 0.3) is 0 Å². The normalized spacial score (nSPS) is 25.3. The molecule has 1 rings (SSSR count). The van der Waals surface area contributed by atoms with E-state index in [-0.39, 0.29) is 11.4 Å². The van der Waals surface area contributed by atoms with Crippen LogP contribution in [0.2, 0.25) is 0 Å². The highest BCUT2D eigenvalue weighted by molar-refractivity contribution is 5.91. The van der Waals surface area contributed by atoms with E-state index in [4.69, 9.17) is 4.74 Å². The summed E-state index contributed by atoms with van der Waals surface area (Å²) in [5.74, 6) is 0.393. The van der Waals surface area contributed by atoms with Crippen molar-refractivity contribution in [2.45, 2.75) is 47.5 Å². The van der Waals surface area contributed by atoms with Gasteiger partial charge >= 0.3 is 5.97 Å². The van der Waals surface area contributed by atoms with Crippen LogP contribution in [-0.4, -0.2) is 12.6 Å². The first kappa shape index (κ1) is 12.3. The average molecular weight is 210 g/mol. The molecule has 0 heterocycles. The molecule has 1 aliphatic rings. The van der Waals surface area contributed by atoms with E-state index in [1.54, 1.807) is 0 Å². The predicted octanol–water partition coefficient (Wildman–Crippen LogP) is 3.32. The van der Waals surface area contributed by atoms with Gasteiger partial charge in [-0.25, -0.2) is 4.79 Å². The molecule has 0 N–H and O–H groups in total. The Morgan fingerprint density at radius 3 is 2.67 bits per heavy atom. The summed E-state index contributed by atoms with van der Waals surface area (Å²) in [6, 6.07) is 0. The molecule has 1 atom stereocenters. The Bertz CT molecular complexity index is 287. The SMILES string of the molecule is CCOC(=O)C1=C(C)C(C)CCC1(C)C. The van der Waals surface area contributed by atoms with Gasteiger partial charge in [0.15, 0.2) is 0 Å². The predicted molar refractivity (Wildman–Crippen MR) is 61.5 cm³/mol. The third-order valence-corrected chi connectivity index (χ3v) is 3.49. The standard InChI is InChI=1S/C13H22O2/c1-6-15-12(14)11-10(3)9(2)7-8-13(11,4)5/h9H,6-8H2,1-5H3. The maximum Gasteiger partial charge on any atom is 0.334 e. The second kappa shape index (κ2) is 4.38. The van der Waals surface area contributed by atoms with E-state index in [1.807, 2.05) is 6.92 Å². The molecule has 0 aromatic heterocycles. The number of rotatable bonds is 2. The first-order valence-corrected chi connectivity index (χ1v) is 5.78. The molecule has 2 heteroatoms. The van der Waals surface area contributed by atoms with Crippen LogP contribution < -0.4 is 0 Å². The van der Waals surface area contributed by atoms with E-state index < -0.39 is 0 Å². The number of hydrogen-bond acceptors (Lipinski definition) is 2. The number of carbonyl (C=O) groups excluding carboxylic acids is 1. The number of ether oxygens (including phenoxy) is 1. The molecule has 15 heavy (non-hydrogen) atoms. The molecule has 86 valence electrons. The van der Waals surface area contributed by atoms with Gasteiger partial charge in [-0.3, -0.25) is 0 Å². The van der Waals surface area contributed by atoms with Crippen molar-refractivity contribution in [2.75, 3.05) is 6.61 Å². The largest absolute Gasteiger partial charge is 0.463 e. The highest BCUT2D eigenvalue weighted by atomic mass is 16.5. The van der Waals surface area contributed by atoms with Crippen molar-refractivity contribution in [1.29, 1.82) is 0 Å². The zero-order chi connectivity index (χ0) is 11.6. The number of hydrogen-bond donors (Lipinski definition) is 0. The van der Waals surface area contributed by atoms with Crippen molar-refractivity contribution >= 4 is 5.97 Å². The zero-order valence-electron chi connectivity index (χ0n) is 10.5. The molecule has 0 aliphatic heterocycles. The van der Waals surface area contributed by atoms with Gasteiger partial charge < -0.3 is 4.74 Å². The fraction of sp³-hybridized carbons (Fsp3) is 0.769. The van der Waals surface area contributed by atoms with Gasteiger partial charge in [0.2, 0.25) is 0 Å². The molecule has 0 bridgehead atoms. The summed E-state index contributed by atoms with van der Waals surface area (Å²) >= 11 is 0. The molecule has 2 nitrogen and oxygen atoms in total. The Kier molecular flexibility index (Phi) is 3.58. The highest BCUT2D eigenvalue weighted by Crippen LogP contribution is 2.42. The number of esters is 1. The summed E-state index contributed by atoms with van der Waals surface area (Å²) in [4.78, 5) is 11.9. The molecule has 0 saturated carbocycles. The number of allylic oxidation sites excluding steroid dienone is 1. The van der Waals surface area contributed by atoms with Crippen LogP contribution >= 0.6 is 0 Å². The maximum absolute atomic E-state index is 11.9. The minimum Gasteiger partial charge on any atom is -0.463 e. The minimum absolute atomic E-state index is 0.0250. The second-order valence-electron chi connectivity index (χ2n) is 5.10. The molecule has 0 amide bonds. The van der Waals surface area contributed by atoms with Crippen LogP contribution in [-0.2, 0) is 9.53 Å². The van der Waals surface area contributed by atoms with Gasteiger partial charge in [-0.05, 0) is 38.0 Å². The van der Waals surface area contributed by atoms with Gasteiger partial charge in [0.1, 0.15) is 0 Å². The van der Waals surface area contributed by atoms with Gasteiger partial charge in [0.25, 0.3) is 0 Å². The molecule has 0 fully saturated rings. The molecule has 0 aromatic rings. The second-order valence-corrected chi connectivity index (χ2v) is 5.10. The van der Waals surface area contributed by atoms with E-state index >= 15 is 0 Å². The van der Waals surface area contributed by atoms with E-state index in [2.05, 4.69) is 27.7 Å². The Hall–Kier alpha value is -0.790. The molecule has 0 saturated heterocycles. The van der Waals surface area contributed by atoms with Gasteiger partial charge in [-0.2, -0.15) is 0 Å². The number of carbonyl (C=O) groups is 1. The average Bonchev–Trinajstić information content (AvgIpc) is 2.12. The Morgan fingerprint density at radius 1 is 1.53 bits per heavy atom. The van der Waals surface area contributed by atoms with Gasteiger partial charge in [0.05, 0.1) is 6.61 Å². The van der Waals surface area contributed by atoms with Crippen LogP contribution in [0.15, 0.2) is 11.1 Å². The van der Waals surface area contributed by atoms with Gasteiger partial charge in [0, 0.05) is 5.57 Å². The topological polar surface area (TPSA) is 26.3 Å². The van der Waals surface area contributed by atoms with Crippen molar-refractivity contribution < 1.29 is 9.53 Å². The summed E-state index contributed by atoms with van der Waals surface area (Å²) < 4.78 is 5.14. The molecular weight excluding hydrogens is 188 g/mol. The smallest absolute Gasteiger partial charge is 0.334 e. The van der Waals surface area contributed by atoms with Crippen molar-refractivity contribution in [3.8, 4) is 0 Å². The molecule has 0 spiro atoms. The zero-order valence-corrected chi connectivity index (χ0v) is 10.5. The lowest BCUT2D eigenvalue weighted by molar-refractivity contribution is -0.140. The Labute approximate surface area is 92.7 Å². The van der Waals surface area contributed by atoms with Crippen LogP contribution in [0.4, 0.5) is 0 Å². The first-order chi connectivity index (χ1) is 6.90. The Balaban J connectivity index is 3.06. The summed E-state index contributed by atoms with van der Waals surface area (Å²) in [5.41, 5.74) is 2.09. The van der Waals surface area contributed by atoms with Gasteiger partial charge in [-0.1, -0.05) is 26.3 Å². The maximum atomic E-state index is 11.9. The van der Waals surface area contributed by atoms with E-state index in [1.165, 1.54) is 12.0 Å². The lowest BCUT2D eigenvalue weighted by atomic mass is 9.69. The third-order valence-electron chi connectivity index (χ3n) is 3.49. The van der Waals surface area contributed by atoms with E-state index in [9.17, 15) is 4.79 Å². The van der Waals surface area contributed by atoms with Crippen molar-refractivity contribution in [3.05, 3.63) is 11.1 Å². The molecule has 1 aliphatic carbocycles. The van der Waals surface area contributed by atoms with Crippen LogP contribution in [0.3, 0.4) is 0 Å². The molecule has 0 aromatic carbocycles. The summed E-state index contributed by atoms with van der Waals surface area (Å²) in [5, 5.41) is 0. The van der Waals surface area contributed by atoms with E-state index in [0.29, 0.717) is 12.5 Å². The fourth-order valence-corrected chi connectivity index (χ4v) is 2.34. The minimum atomic E-state index is -0.119. The quantitative estimate of drug-likeness (QED) is 0.653. The van der Waals surface area contributed by atoms with Crippen LogP contribution in [0.5, 0.6) is 0 Å². The van der Waals surface area contributed by atoms with Crippen LogP contribution in [0.1, 0.15) is 47.5 Å². The lowest BCUT2D eigenvalue weighted by Gasteiger charge is -2.35. The third kappa shape index (κ3) is 2.42. The van der Waals surface area contributed by atoms with Gasteiger partial charge in [-0.15, -0.1) is 0 Å². The van der Waals surface area contributed by atoms with Crippen LogP contribution in [0, 0.1) is 11.3 Å². The Morgan fingerprint density at radius 2 is 2.13 bits per heavy atom. The summed E-state index contributed by atoms with van der Waals surface area (Å²) in [7, 11) is 0. The lowest BCUT2D eigenvalue weighted by Crippen LogP contribution is -2.30. The first-order valence-electron chi connectivity index (χ1n) is 5.78. The molecular formula is C13H22O2. The summed E-state index contributed by atoms with van der Waals surface area (Å²) in [6.45, 7) is 10.8. The van der Waals surface area contributed by atoms with E-state index in [0.717, 1.165) is 12.0 Å². The monoisotopic (exact) mass is 210 g/mol. The molecule has 1 unspecified atom stereocenters. The summed E-state index contributed by atoms with van der Waals surface area (Å²) in [6.07, 6.45) is 2.24. The van der Waals surface area contributed by atoms with Crippen molar-refractivity contribution in [2.24, 2.45) is 11.3 Å². The van der Waals surface area contributed by atoms with Crippen molar-refractivity contribution in [1.82, 2.24) is 0 Å². The van der Waals surface area contributed by atoms with Crippen molar-refractivity contribution in [3.63, 3.8) is 0 Å². The molecule has 0 radical (unpaired) electrons.